The Balaban J connectivity index is 1.97. The molecule has 3 N–H and O–H groups in total. The lowest BCUT2D eigenvalue weighted by molar-refractivity contribution is -0.134. The van der Waals surface area contributed by atoms with E-state index >= 15 is 0 Å². The van der Waals surface area contributed by atoms with Crippen LogP contribution in [0.4, 0.5) is 0 Å². The van der Waals surface area contributed by atoms with E-state index in [0.29, 0.717) is 19.5 Å². The van der Waals surface area contributed by atoms with Gasteiger partial charge in [0.25, 0.3) is 0 Å². The van der Waals surface area contributed by atoms with Crippen LogP contribution in [0.1, 0.15) is 11.4 Å². The van der Waals surface area contributed by atoms with E-state index in [9.17, 15) is 4.79 Å². The molecule has 20 heavy (non-hydrogen) atoms. The number of aromatic nitrogens is 2. The monoisotopic (exact) mass is 272 g/mol. The van der Waals surface area contributed by atoms with Gasteiger partial charge in [0.05, 0.1) is 12.5 Å². The van der Waals surface area contributed by atoms with Gasteiger partial charge in [0, 0.05) is 26.0 Å². The number of carbonyl (C=O) groups is 1. The Hall–Kier alpha value is -2.14. The quantitative estimate of drug-likeness (QED) is 0.829. The molecule has 2 rings (SSSR count). The Morgan fingerprint density at radius 2 is 2.15 bits per heavy atom. The van der Waals surface area contributed by atoms with Crippen molar-refractivity contribution >= 4 is 5.91 Å². The Morgan fingerprint density at radius 1 is 1.40 bits per heavy atom. The fourth-order valence-corrected chi connectivity index (χ4v) is 2.17. The van der Waals surface area contributed by atoms with Crippen LogP contribution in [-0.2, 0) is 17.8 Å². The fourth-order valence-electron chi connectivity index (χ4n) is 2.17. The zero-order valence-electron chi connectivity index (χ0n) is 11.6. The zero-order chi connectivity index (χ0) is 14.4. The molecule has 1 unspecified atom stereocenters. The summed E-state index contributed by atoms with van der Waals surface area (Å²) in [6.45, 7) is 0.813. The summed E-state index contributed by atoms with van der Waals surface area (Å²) in [4.78, 5) is 21.2. The minimum absolute atomic E-state index is 0.0488. The molecule has 0 aliphatic heterocycles. The van der Waals surface area contributed by atoms with Crippen LogP contribution < -0.4 is 5.73 Å². The molecule has 0 aliphatic carbocycles. The summed E-state index contributed by atoms with van der Waals surface area (Å²) >= 11 is 0. The first kappa shape index (κ1) is 14.3. The lowest BCUT2D eigenvalue weighted by Crippen LogP contribution is -2.37. The number of rotatable bonds is 6. The molecule has 1 aromatic heterocycles. The smallest absolute Gasteiger partial charge is 0.227 e. The summed E-state index contributed by atoms with van der Waals surface area (Å²) in [5.41, 5.74) is 6.89. The lowest BCUT2D eigenvalue weighted by atomic mass is 9.98. The Labute approximate surface area is 118 Å². The number of aromatic amines is 1. The van der Waals surface area contributed by atoms with Gasteiger partial charge in [0.15, 0.2) is 0 Å². The maximum Gasteiger partial charge on any atom is 0.227 e. The molecule has 106 valence electrons. The summed E-state index contributed by atoms with van der Waals surface area (Å²) in [6, 6.07) is 9.94. The summed E-state index contributed by atoms with van der Waals surface area (Å²) in [5.74, 6) is 0.626. The third-order valence-corrected chi connectivity index (χ3v) is 3.28. The van der Waals surface area contributed by atoms with Gasteiger partial charge in [-0.2, -0.15) is 0 Å². The van der Waals surface area contributed by atoms with Crippen LogP contribution in [0.15, 0.2) is 42.7 Å². The van der Waals surface area contributed by atoms with E-state index in [2.05, 4.69) is 9.97 Å². The van der Waals surface area contributed by atoms with Crippen LogP contribution in [0.5, 0.6) is 0 Å². The van der Waals surface area contributed by atoms with Gasteiger partial charge in [-0.25, -0.2) is 4.98 Å². The highest BCUT2D eigenvalue weighted by Gasteiger charge is 2.21. The van der Waals surface area contributed by atoms with Crippen LogP contribution in [0.2, 0.25) is 0 Å². The van der Waals surface area contributed by atoms with E-state index in [4.69, 9.17) is 5.73 Å². The number of nitrogens with two attached hydrogens (primary N) is 1. The summed E-state index contributed by atoms with van der Waals surface area (Å²) in [5, 5.41) is 0. The maximum absolute atomic E-state index is 12.4. The molecule has 0 fully saturated rings. The molecule has 1 aromatic carbocycles. The Bertz CT molecular complexity index is 524. The number of H-pyrrole nitrogens is 1. The molecule has 1 amide bonds. The number of hydrogen-bond donors (Lipinski definition) is 2. The average molecular weight is 272 g/mol. The summed E-state index contributed by atoms with van der Waals surface area (Å²) in [7, 11) is 1.78. The molecule has 2 aromatic rings. The highest BCUT2D eigenvalue weighted by molar-refractivity contribution is 5.79. The number of amides is 1. The predicted molar refractivity (Wildman–Crippen MR) is 77.8 cm³/mol. The van der Waals surface area contributed by atoms with Crippen LogP contribution in [0.25, 0.3) is 0 Å². The largest absolute Gasteiger partial charge is 0.347 e. The fraction of sp³-hybridized carbons (Fsp3) is 0.333. The minimum Gasteiger partial charge on any atom is -0.347 e. The van der Waals surface area contributed by atoms with Gasteiger partial charge in [-0.1, -0.05) is 30.3 Å². The van der Waals surface area contributed by atoms with Gasteiger partial charge >= 0.3 is 0 Å². The highest BCUT2D eigenvalue weighted by atomic mass is 16.2. The molecule has 1 atom stereocenters. The number of nitrogens with one attached hydrogen (secondary N) is 1. The molecule has 0 bridgehead atoms. The van der Waals surface area contributed by atoms with Crippen molar-refractivity contribution < 1.29 is 4.79 Å². The maximum atomic E-state index is 12.4. The van der Waals surface area contributed by atoms with Crippen molar-refractivity contribution in [3.63, 3.8) is 0 Å². The van der Waals surface area contributed by atoms with Crippen molar-refractivity contribution in [2.45, 2.75) is 13.0 Å². The summed E-state index contributed by atoms with van der Waals surface area (Å²) in [6.07, 6.45) is 4.09. The van der Waals surface area contributed by atoms with Crippen molar-refractivity contribution in [1.29, 1.82) is 0 Å². The lowest BCUT2D eigenvalue weighted by Gasteiger charge is -2.22. The van der Waals surface area contributed by atoms with Crippen molar-refractivity contribution in [2.24, 2.45) is 11.7 Å². The third-order valence-electron chi connectivity index (χ3n) is 3.28. The SMILES string of the molecule is CN(Cc1ncc[nH]1)C(=O)C(CN)Cc1ccccc1. The topological polar surface area (TPSA) is 75.0 Å². The van der Waals surface area contributed by atoms with E-state index in [-0.39, 0.29) is 11.8 Å². The first-order valence-electron chi connectivity index (χ1n) is 6.68. The predicted octanol–water partition coefficient (Wildman–Crippen LogP) is 1.19. The number of benzene rings is 1. The van der Waals surface area contributed by atoms with Gasteiger partial charge in [-0.15, -0.1) is 0 Å². The van der Waals surface area contributed by atoms with E-state index in [0.717, 1.165) is 11.4 Å². The average Bonchev–Trinajstić information content (AvgIpc) is 2.98. The number of nitrogens with zero attached hydrogens (tertiary/aromatic N) is 2. The molecular weight excluding hydrogens is 252 g/mol. The van der Waals surface area contributed by atoms with Gasteiger partial charge in [-0.05, 0) is 12.0 Å². The van der Waals surface area contributed by atoms with Gasteiger partial charge in [-0.3, -0.25) is 4.79 Å². The van der Waals surface area contributed by atoms with E-state index in [1.165, 1.54) is 0 Å². The zero-order valence-corrected chi connectivity index (χ0v) is 11.6. The molecule has 0 saturated carbocycles. The molecular formula is C15H20N4O. The van der Waals surface area contributed by atoms with E-state index < -0.39 is 0 Å². The van der Waals surface area contributed by atoms with Crippen molar-refractivity contribution in [2.75, 3.05) is 13.6 Å². The Morgan fingerprint density at radius 3 is 2.75 bits per heavy atom. The molecule has 5 heteroatoms. The molecule has 0 radical (unpaired) electrons. The van der Waals surface area contributed by atoms with Crippen LogP contribution in [-0.4, -0.2) is 34.4 Å². The van der Waals surface area contributed by atoms with Crippen LogP contribution in [0, 0.1) is 5.92 Å². The van der Waals surface area contributed by atoms with Gasteiger partial charge < -0.3 is 15.6 Å². The molecule has 5 nitrogen and oxygen atoms in total. The van der Waals surface area contributed by atoms with Crippen molar-refractivity contribution in [3.05, 3.63) is 54.1 Å². The second kappa shape index (κ2) is 6.86. The van der Waals surface area contributed by atoms with Gasteiger partial charge in [0.1, 0.15) is 5.82 Å². The van der Waals surface area contributed by atoms with Crippen molar-refractivity contribution in [3.8, 4) is 0 Å². The van der Waals surface area contributed by atoms with E-state index in [1.807, 2.05) is 30.3 Å². The Kier molecular flexibility index (Phi) is 4.90. The molecule has 1 heterocycles. The molecule has 0 saturated heterocycles. The molecule has 0 spiro atoms. The van der Waals surface area contributed by atoms with Crippen molar-refractivity contribution in [1.82, 2.24) is 14.9 Å². The van der Waals surface area contributed by atoms with Crippen LogP contribution in [0.3, 0.4) is 0 Å². The number of imidazole rings is 1. The highest BCUT2D eigenvalue weighted by Crippen LogP contribution is 2.11. The first-order valence-corrected chi connectivity index (χ1v) is 6.68. The van der Waals surface area contributed by atoms with E-state index in [1.54, 1.807) is 24.3 Å². The molecule has 0 aliphatic rings. The second-order valence-electron chi connectivity index (χ2n) is 4.85. The second-order valence-corrected chi connectivity index (χ2v) is 4.85. The standard InChI is InChI=1S/C15H20N4O/c1-19(11-14-17-7-8-18-14)15(20)13(10-16)9-12-5-3-2-4-6-12/h2-8,13H,9-11,16H2,1H3,(H,17,18). The van der Waals surface area contributed by atoms with Gasteiger partial charge in [0.2, 0.25) is 5.91 Å². The summed E-state index contributed by atoms with van der Waals surface area (Å²) < 4.78 is 0. The number of hydrogen-bond acceptors (Lipinski definition) is 3. The van der Waals surface area contributed by atoms with Crippen LogP contribution >= 0.6 is 0 Å². The number of carbonyl (C=O) groups excluding carboxylic acids is 1. The first-order chi connectivity index (χ1) is 9.70. The normalized spacial score (nSPS) is 12.1. The minimum atomic E-state index is -0.197. The third kappa shape index (κ3) is 3.68.